The number of terminal acetylenes is 2. The summed E-state index contributed by atoms with van der Waals surface area (Å²) < 4.78 is 0. The Bertz CT molecular complexity index is 453. The molecule has 0 heterocycles. The van der Waals surface area contributed by atoms with E-state index in [1.807, 2.05) is 18.9 Å². The van der Waals surface area contributed by atoms with E-state index >= 15 is 0 Å². The smallest absolute Gasteiger partial charge is 0.0899 e. The molecule has 17 heavy (non-hydrogen) atoms. The zero-order valence-corrected chi connectivity index (χ0v) is 10.1. The number of rotatable bonds is 4. The highest BCUT2D eigenvalue weighted by molar-refractivity contribution is 5.52. The van der Waals surface area contributed by atoms with E-state index in [4.69, 9.17) is 12.8 Å². The molecule has 0 spiro atoms. The zero-order valence-electron chi connectivity index (χ0n) is 10.1. The SMILES string of the molecule is C#Cc1cc(C#C)cc(N=NN(CC)CC)c1. The van der Waals surface area contributed by atoms with Crippen LogP contribution in [0.1, 0.15) is 25.0 Å². The molecular formula is C14H15N3. The molecular weight excluding hydrogens is 210 g/mol. The minimum atomic E-state index is 0.681. The fraction of sp³-hybridized carbons (Fsp3) is 0.286. The number of nitrogens with zero attached hydrogens (tertiary/aromatic N) is 3. The molecule has 3 heteroatoms. The normalized spacial score (nSPS) is 9.88. The molecule has 1 aromatic carbocycles. The summed E-state index contributed by atoms with van der Waals surface area (Å²) in [6, 6.07) is 5.35. The van der Waals surface area contributed by atoms with Crippen molar-refractivity contribution in [2.45, 2.75) is 13.8 Å². The van der Waals surface area contributed by atoms with E-state index < -0.39 is 0 Å². The molecule has 0 saturated carbocycles. The maximum absolute atomic E-state index is 5.35. The minimum absolute atomic E-state index is 0.681. The molecule has 0 N–H and O–H groups in total. The van der Waals surface area contributed by atoms with E-state index in [-0.39, 0.29) is 0 Å². The van der Waals surface area contributed by atoms with E-state index in [1.54, 1.807) is 18.2 Å². The minimum Gasteiger partial charge on any atom is -0.279 e. The largest absolute Gasteiger partial charge is 0.279 e. The van der Waals surface area contributed by atoms with Crippen LogP contribution in [0, 0.1) is 24.7 Å². The third kappa shape index (κ3) is 3.66. The van der Waals surface area contributed by atoms with Crippen molar-refractivity contribution in [1.29, 1.82) is 0 Å². The molecule has 86 valence electrons. The van der Waals surface area contributed by atoms with Gasteiger partial charge in [0.1, 0.15) is 0 Å². The van der Waals surface area contributed by atoms with Gasteiger partial charge >= 0.3 is 0 Å². The van der Waals surface area contributed by atoms with Gasteiger partial charge < -0.3 is 0 Å². The second kappa shape index (κ2) is 6.35. The monoisotopic (exact) mass is 225 g/mol. The van der Waals surface area contributed by atoms with Crippen molar-refractivity contribution in [2.75, 3.05) is 13.1 Å². The molecule has 0 amide bonds. The number of hydrogen-bond acceptors (Lipinski definition) is 2. The van der Waals surface area contributed by atoms with Crippen molar-refractivity contribution in [2.24, 2.45) is 10.3 Å². The average Bonchev–Trinajstić information content (AvgIpc) is 2.39. The van der Waals surface area contributed by atoms with Gasteiger partial charge in [-0.3, -0.25) is 5.01 Å². The summed E-state index contributed by atoms with van der Waals surface area (Å²) >= 11 is 0. The highest BCUT2D eigenvalue weighted by Crippen LogP contribution is 2.17. The van der Waals surface area contributed by atoms with Crippen molar-refractivity contribution in [3.8, 4) is 24.7 Å². The van der Waals surface area contributed by atoms with Gasteiger partial charge in [0.2, 0.25) is 0 Å². The number of hydrogen-bond donors (Lipinski definition) is 0. The lowest BCUT2D eigenvalue weighted by Gasteiger charge is -2.11. The first-order valence-electron chi connectivity index (χ1n) is 5.48. The Morgan fingerprint density at radius 2 is 1.59 bits per heavy atom. The van der Waals surface area contributed by atoms with Crippen LogP contribution in [-0.4, -0.2) is 18.1 Å². The predicted octanol–water partition coefficient (Wildman–Crippen LogP) is 2.99. The fourth-order valence-electron chi connectivity index (χ4n) is 1.30. The topological polar surface area (TPSA) is 28.0 Å². The number of benzene rings is 1. The standard InChI is InChI=1S/C14H15N3/c1-5-12-9-13(6-2)11-14(10-12)15-16-17(7-3)8-4/h1-2,9-11H,7-8H2,3-4H3. The van der Waals surface area contributed by atoms with Crippen LogP contribution in [0.2, 0.25) is 0 Å². The summed E-state index contributed by atoms with van der Waals surface area (Å²) in [5.41, 5.74) is 2.11. The van der Waals surface area contributed by atoms with Crippen molar-refractivity contribution < 1.29 is 0 Å². The Kier molecular flexibility index (Phi) is 4.78. The molecule has 0 aliphatic rings. The Morgan fingerprint density at radius 1 is 1.06 bits per heavy atom. The molecule has 0 radical (unpaired) electrons. The quantitative estimate of drug-likeness (QED) is 0.440. The Hall–Kier alpha value is -2.26. The van der Waals surface area contributed by atoms with Gasteiger partial charge in [0.25, 0.3) is 0 Å². The third-order valence-electron chi connectivity index (χ3n) is 2.27. The molecule has 0 aliphatic heterocycles. The Balaban J connectivity index is 2.99. The first kappa shape index (κ1) is 12.8. The highest BCUT2D eigenvalue weighted by atomic mass is 15.5. The molecule has 1 aromatic rings. The van der Waals surface area contributed by atoms with Crippen LogP contribution < -0.4 is 0 Å². The second-order valence-corrected chi connectivity index (χ2v) is 3.39. The van der Waals surface area contributed by atoms with E-state index in [2.05, 4.69) is 22.2 Å². The predicted molar refractivity (Wildman–Crippen MR) is 69.7 cm³/mol. The van der Waals surface area contributed by atoms with Crippen molar-refractivity contribution in [3.63, 3.8) is 0 Å². The van der Waals surface area contributed by atoms with Gasteiger partial charge in [-0.1, -0.05) is 17.1 Å². The summed E-state index contributed by atoms with van der Waals surface area (Å²) in [4.78, 5) is 0. The van der Waals surface area contributed by atoms with Crippen LogP contribution >= 0.6 is 0 Å². The maximum Gasteiger partial charge on any atom is 0.0899 e. The van der Waals surface area contributed by atoms with Crippen molar-refractivity contribution in [3.05, 3.63) is 29.3 Å². The molecule has 3 nitrogen and oxygen atoms in total. The van der Waals surface area contributed by atoms with Crippen LogP contribution in [0.25, 0.3) is 0 Å². The Labute approximate surface area is 103 Å². The summed E-state index contributed by atoms with van der Waals surface area (Å²) in [5.74, 6) is 5.09. The lowest BCUT2D eigenvalue weighted by Crippen LogP contribution is -2.14. The van der Waals surface area contributed by atoms with Gasteiger partial charge in [-0.05, 0) is 32.0 Å². The summed E-state index contributed by atoms with van der Waals surface area (Å²) in [5, 5.41) is 10.1. The van der Waals surface area contributed by atoms with Gasteiger partial charge in [0.05, 0.1) is 5.69 Å². The van der Waals surface area contributed by atoms with E-state index in [0.29, 0.717) is 16.8 Å². The van der Waals surface area contributed by atoms with Crippen molar-refractivity contribution >= 4 is 5.69 Å². The first-order valence-corrected chi connectivity index (χ1v) is 5.48. The average molecular weight is 225 g/mol. The van der Waals surface area contributed by atoms with Crippen LogP contribution in [-0.2, 0) is 0 Å². The molecule has 0 unspecified atom stereocenters. The molecule has 0 aliphatic carbocycles. The van der Waals surface area contributed by atoms with Gasteiger partial charge in [0, 0.05) is 24.2 Å². The van der Waals surface area contributed by atoms with Gasteiger partial charge in [-0.25, -0.2) is 0 Å². The van der Waals surface area contributed by atoms with Gasteiger partial charge in [0.15, 0.2) is 0 Å². The molecule has 0 fully saturated rings. The van der Waals surface area contributed by atoms with Crippen LogP contribution in [0.4, 0.5) is 5.69 Å². The Morgan fingerprint density at radius 3 is 2.00 bits per heavy atom. The fourth-order valence-corrected chi connectivity index (χ4v) is 1.30. The van der Waals surface area contributed by atoms with Crippen LogP contribution in [0.15, 0.2) is 28.5 Å². The molecule has 0 bridgehead atoms. The lowest BCUT2D eigenvalue weighted by molar-refractivity contribution is 0.301. The van der Waals surface area contributed by atoms with E-state index in [1.165, 1.54) is 0 Å². The first-order chi connectivity index (χ1) is 8.23. The summed E-state index contributed by atoms with van der Waals surface area (Å²) in [7, 11) is 0. The third-order valence-corrected chi connectivity index (χ3v) is 2.27. The second-order valence-electron chi connectivity index (χ2n) is 3.39. The molecule has 1 rings (SSSR count). The molecule has 0 saturated heterocycles. The summed E-state index contributed by atoms with van der Waals surface area (Å²) in [6.07, 6.45) is 10.7. The van der Waals surface area contributed by atoms with Crippen LogP contribution in [0.3, 0.4) is 0 Å². The summed E-state index contributed by atoms with van der Waals surface area (Å²) in [6.45, 7) is 5.67. The maximum atomic E-state index is 5.35. The van der Waals surface area contributed by atoms with Gasteiger partial charge in [-0.2, -0.15) is 0 Å². The van der Waals surface area contributed by atoms with E-state index in [9.17, 15) is 0 Å². The molecule has 0 atom stereocenters. The molecule has 0 aromatic heterocycles. The van der Waals surface area contributed by atoms with E-state index in [0.717, 1.165) is 13.1 Å². The highest BCUT2D eigenvalue weighted by Gasteiger charge is 1.98. The van der Waals surface area contributed by atoms with Crippen molar-refractivity contribution in [1.82, 2.24) is 5.01 Å². The lowest BCUT2D eigenvalue weighted by atomic mass is 10.1. The van der Waals surface area contributed by atoms with Crippen LogP contribution in [0.5, 0.6) is 0 Å². The van der Waals surface area contributed by atoms with Gasteiger partial charge in [-0.15, -0.1) is 18.0 Å². The zero-order chi connectivity index (χ0) is 12.7.